The van der Waals surface area contributed by atoms with Crippen molar-refractivity contribution in [2.24, 2.45) is 0 Å². The van der Waals surface area contributed by atoms with Crippen molar-refractivity contribution in [3.05, 3.63) is 78.4 Å². The molecule has 1 heterocycles. The average Bonchev–Trinajstić information content (AvgIpc) is 3.13. The van der Waals surface area contributed by atoms with Gasteiger partial charge in [-0.3, -0.25) is 4.79 Å². The van der Waals surface area contributed by atoms with Gasteiger partial charge in [0.15, 0.2) is 11.7 Å². The molecule has 28 heavy (non-hydrogen) atoms. The highest BCUT2D eigenvalue weighted by Gasteiger charge is 2.15. The lowest BCUT2D eigenvalue weighted by molar-refractivity contribution is -0.122. The number of aryl methyl sites for hydroxylation is 1. The van der Waals surface area contributed by atoms with Gasteiger partial charge in [-0.2, -0.15) is 0 Å². The highest BCUT2D eigenvalue weighted by Crippen LogP contribution is 2.25. The zero-order valence-electron chi connectivity index (χ0n) is 15.7. The monoisotopic (exact) mass is 372 g/mol. The summed E-state index contributed by atoms with van der Waals surface area (Å²) < 4.78 is 11.5. The predicted molar refractivity (Wildman–Crippen MR) is 109 cm³/mol. The molecule has 3 aromatic carbocycles. The van der Waals surface area contributed by atoms with Gasteiger partial charge in [-0.05, 0) is 67.9 Å². The number of benzene rings is 3. The number of carbonyl (C=O) groups excluding carboxylic acids is 1. The van der Waals surface area contributed by atoms with Gasteiger partial charge in [0, 0.05) is 11.3 Å². The molecule has 140 valence electrons. The molecule has 0 aliphatic heterocycles. The van der Waals surface area contributed by atoms with Crippen molar-refractivity contribution < 1.29 is 13.9 Å². The molecule has 0 saturated carbocycles. The number of amides is 1. The van der Waals surface area contributed by atoms with E-state index in [0.29, 0.717) is 17.3 Å². The third-order valence-electron chi connectivity index (χ3n) is 4.36. The van der Waals surface area contributed by atoms with E-state index in [1.165, 1.54) is 0 Å². The number of nitrogens with one attached hydrogen (secondary N) is 1. The number of para-hydroxylation sites is 2. The number of rotatable bonds is 5. The summed E-state index contributed by atoms with van der Waals surface area (Å²) in [7, 11) is 0. The maximum Gasteiger partial charge on any atom is 0.265 e. The number of carbonyl (C=O) groups is 1. The summed E-state index contributed by atoms with van der Waals surface area (Å²) in [6.07, 6.45) is -0.612. The Balaban J connectivity index is 1.43. The zero-order valence-corrected chi connectivity index (χ0v) is 15.7. The lowest BCUT2D eigenvalue weighted by Gasteiger charge is -2.15. The number of nitrogens with zero attached hydrogens (tertiary/aromatic N) is 1. The number of hydrogen-bond donors (Lipinski definition) is 1. The molecule has 0 radical (unpaired) electrons. The number of aromatic nitrogens is 1. The molecule has 0 aliphatic carbocycles. The van der Waals surface area contributed by atoms with Crippen molar-refractivity contribution in [2.75, 3.05) is 5.32 Å². The molecule has 1 amide bonds. The first-order chi connectivity index (χ1) is 13.6. The Labute approximate surface area is 163 Å². The maximum absolute atomic E-state index is 12.4. The highest BCUT2D eigenvalue weighted by atomic mass is 16.5. The molecule has 0 fully saturated rings. The molecule has 5 nitrogen and oxygen atoms in total. The van der Waals surface area contributed by atoms with Gasteiger partial charge in [0.2, 0.25) is 5.89 Å². The molecule has 1 aromatic heterocycles. The summed E-state index contributed by atoms with van der Waals surface area (Å²) in [6.45, 7) is 3.71. The fourth-order valence-electron chi connectivity index (χ4n) is 2.88. The first kappa shape index (κ1) is 17.8. The van der Waals surface area contributed by atoms with Crippen LogP contribution >= 0.6 is 0 Å². The smallest absolute Gasteiger partial charge is 0.265 e. The molecular weight excluding hydrogens is 352 g/mol. The predicted octanol–water partition coefficient (Wildman–Crippen LogP) is 5.21. The minimum Gasteiger partial charge on any atom is -0.481 e. The summed E-state index contributed by atoms with van der Waals surface area (Å²) in [5.74, 6) is 1.01. The van der Waals surface area contributed by atoms with E-state index in [1.807, 2.05) is 79.7 Å². The van der Waals surface area contributed by atoms with Crippen LogP contribution in [0, 0.1) is 6.92 Å². The van der Waals surface area contributed by atoms with Crippen LogP contribution in [-0.2, 0) is 4.79 Å². The normalized spacial score (nSPS) is 11.9. The topological polar surface area (TPSA) is 64.4 Å². The number of anilines is 1. The first-order valence-electron chi connectivity index (χ1n) is 9.09. The molecule has 5 heteroatoms. The molecule has 1 atom stereocenters. The Kier molecular flexibility index (Phi) is 4.81. The van der Waals surface area contributed by atoms with Gasteiger partial charge in [-0.25, -0.2) is 4.98 Å². The van der Waals surface area contributed by atoms with E-state index in [2.05, 4.69) is 10.3 Å². The molecule has 0 bridgehead atoms. The Morgan fingerprint density at radius 2 is 1.82 bits per heavy atom. The number of fused-ring (bicyclic) bond motifs is 1. The van der Waals surface area contributed by atoms with Crippen LogP contribution in [0.2, 0.25) is 0 Å². The minimum absolute atomic E-state index is 0.212. The van der Waals surface area contributed by atoms with Crippen LogP contribution in [0.3, 0.4) is 0 Å². The summed E-state index contributed by atoms with van der Waals surface area (Å²) in [4.78, 5) is 16.9. The highest BCUT2D eigenvalue weighted by molar-refractivity contribution is 5.94. The summed E-state index contributed by atoms with van der Waals surface area (Å²) in [6, 6.07) is 22.6. The molecule has 0 spiro atoms. The van der Waals surface area contributed by atoms with Crippen LogP contribution in [0.15, 0.2) is 77.2 Å². The van der Waals surface area contributed by atoms with E-state index in [9.17, 15) is 4.79 Å². The number of hydrogen-bond acceptors (Lipinski definition) is 4. The molecule has 1 N–H and O–H groups in total. The van der Waals surface area contributed by atoms with Crippen LogP contribution < -0.4 is 10.1 Å². The second-order valence-electron chi connectivity index (χ2n) is 6.63. The van der Waals surface area contributed by atoms with Crippen LogP contribution in [-0.4, -0.2) is 17.0 Å². The zero-order chi connectivity index (χ0) is 19.5. The Bertz CT molecular complexity index is 1080. The molecule has 4 aromatic rings. The third-order valence-corrected chi connectivity index (χ3v) is 4.36. The molecule has 1 unspecified atom stereocenters. The van der Waals surface area contributed by atoms with Crippen molar-refractivity contribution in [1.29, 1.82) is 0 Å². The number of oxazole rings is 1. The quantitative estimate of drug-likeness (QED) is 0.522. The van der Waals surface area contributed by atoms with E-state index in [1.54, 1.807) is 6.92 Å². The molecule has 4 rings (SSSR count). The first-order valence-corrected chi connectivity index (χ1v) is 9.09. The molecular formula is C23H20N2O3. The third kappa shape index (κ3) is 3.88. The van der Waals surface area contributed by atoms with Gasteiger partial charge >= 0.3 is 0 Å². The molecule has 0 aliphatic rings. The van der Waals surface area contributed by atoms with Crippen molar-refractivity contribution >= 4 is 22.7 Å². The lowest BCUT2D eigenvalue weighted by atomic mass is 10.2. The van der Waals surface area contributed by atoms with Gasteiger partial charge < -0.3 is 14.5 Å². The lowest BCUT2D eigenvalue weighted by Crippen LogP contribution is -2.30. The van der Waals surface area contributed by atoms with Gasteiger partial charge in [-0.15, -0.1) is 0 Å². The second-order valence-corrected chi connectivity index (χ2v) is 6.63. The second kappa shape index (κ2) is 7.56. The fraction of sp³-hybridized carbons (Fsp3) is 0.130. The van der Waals surface area contributed by atoms with Gasteiger partial charge in [0.1, 0.15) is 11.3 Å². The maximum atomic E-state index is 12.4. The van der Waals surface area contributed by atoms with E-state index in [4.69, 9.17) is 9.15 Å². The van der Waals surface area contributed by atoms with Crippen molar-refractivity contribution in [3.8, 4) is 17.2 Å². The van der Waals surface area contributed by atoms with E-state index in [0.717, 1.165) is 22.2 Å². The average molecular weight is 372 g/mol. The standard InChI is InChI=1S/C23H20N2O3/c1-15-6-5-7-19(14-15)27-16(2)22(26)24-18-12-10-17(11-13-18)23-25-20-8-3-4-9-21(20)28-23/h3-14,16H,1-2H3,(H,24,26). The molecule has 0 saturated heterocycles. The van der Waals surface area contributed by atoms with Gasteiger partial charge in [0.05, 0.1) is 0 Å². The SMILES string of the molecule is Cc1cccc(OC(C)C(=O)Nc2ccc(-c3nc4ccccc4o3)cc2)c1. The fourth-order valence-corrected chi connectivity index (χ4v) is 2.88. The van der Waals surface area contributed by atoms with Crippen LogP contribution in [0.4, 0.5) is 5.69 Å². The largest absolute Gasteiger partial charge is 0.481 e. The Morgan fingerprint density at radius 3 is 2.57 bits per heavy atom. The van der Waals surface area contributed by atoms with Crippen LogP contribution in [0.1, 0.15) is 12.5 Å². The van der Waals surface area contributed by atoms with Crippen LogP contribution in [0.5, 0.6) is 5.75 Å². The van der Waals surface area contributed by atoms with Gasteiger partial charge in [0.25, 0.3) is 5.91 Å². The van der Waals surface area contributed by atoms with Crippen molar-refractivity contribution in [2.45, 2.75) is 20.0 Å². The van der Waals surface area contributed by atoms with Crippen molar-refractivity contribution in [1.82, 2.24) is 4.98 Å². The summed E-state index contributed by atoms with van der Waals surface area (Å²) >= 11 is 0. The van der Waals surface area contributed by atoms with E-state index < -0.39 is 6.10 Å². The van der Waals surface area contributed by atoms with Gasteiger partial charge in [-0.1, -0.05) is 24.3 Å². The Morgan fingerprint density at radius 1 is 1.04 bits per heavy atom. The van der Waals surface area contributed by atoms with Crippen molar-refractivity contribution in [3.63, 3.8) is 0 Å². The Hall–Kier alpha value is -3.60. The number of ether oxygens (including phenoxy) is 1. The summed E-state index contributed by atoms with van der Waals surface area (Å²) in [5.41, 5.74) is 4.18. The minimum atomic E-state index is -0.612. The summed E-state index contributed by atoms with van der Waals surface area (Å²) in [5, 5.41) is 2.87. The van der Waals surface area contributed by atoms with E-state index in [-0.39, 0.29) is 5.91 Å². The van der Waals surface area contributed by atoms with Crippen LogP contribution in [0.25, 0.3) is 22.6 Å². The van der Waals surface area contributed by atoms with E-state index >= 15 is 0 Å².